The summed E-state index contributed by atoms with van der Waals surface area (Å²) < 4.78 is 24.9. The molecule has 0 radical (unpaired) electrons. The van der Waals surface area contributed by atoms with Crippen LogP contribution in [0.3, 0.4) is 0 Å². The van der Waals surface area contributed by atoms with E-state index in [-0.39, 0.29) is 11.1 Å². The normalized spacial score (nSPS) is 11.1. The van der Waals surface area contributed by atoms with Crippen LogP contribution >= 0.6 is 0 Å². The minimum absolute atomic E-state index is 0.157. The van der Waals surface area contributed by atoms with Gasteiger partial charge in [-0.15, -0.1) is 0 Å². The standard InChI is InChI=1S/C9H6F2N2O/c10-9(11)6-2-1-5(3-14)7-8(6)13-4-12-7/h1-4,9H,(H,12,13). The lowest BCUT2D eigenvalue weighted by molar-refractivity contribution is 0.112. The molecule has 0 atom stereocenters. The number of imidazole rings is 1. The first-order valence-electron chi connectivity index (χ1n) is 3.93. The van der Waals surface area contributed by atoms with Gasteiger partial charge >= 0.3 is 0 Å². The second-order valence-corrected chi connectivity index (χ2v) is 2.79. The Morgan fingerprint density at radius 3 is 2.86 bits per heavy atom. The number of halogens is 2. The third-order valence-electron chi connectivity index (χ3n) is 2.01. The molecule has 5 heteroatoms. The summed E-state index contributed by atoms with van der Waals surface area (Å²) in [6, 6.07) is 2.58. The molecule has 0 amide bonds. The van der Waals surface area contributed by atoms with E-state index in [1.165, 1.54) is 18.5 Å². The molecule has 0 aliphatic heterocycles. The fourth-order valence-electron chi connectivity index (χ4n) is 1.35. The van der Waals surface area contributed by atoms with E-state index in [2.05, 4.69) is 9.97 Å². The van der Waals surface area contributed by atoms with Gasteiger partial charge in [-0.05, 0) is 6.07 Å². The van der Waals surface area contributed by atoms with Crippen molar-refractivity contribution in [1.82, 2.24) is 9.97 Å². The molecule has 2 rings (SSSR count). The number of H-pyrrole nitrogens is 1. The summed E-state index contributed by atoms with van der Waals surface area (Å²) in [7, 11) is 0. The maximum atomic E-state index is 12.5. The minimum atomic E-state index is -2.58. The SMILES string of the molecule is O=Cc1ccc(C(F)F)c2nc[nH]c12. The van der Waals surface area contributed by atoms with Gasteiger partial charge in [0.1, 0.15) is 0 Å². The van der Waals surface area contributed by atoms with Crippen LogP contribution in [-0.4, -0.2) is 16.3 Å². The Morgan fingerprint density at radius 2 is 2.21 bits per heavy atom. The largest absolute Gasteiger partial charge is 0.344 e. The molecule has 1 N–H and O–H groups in total. The van der Waals surface area contributed by atoms with Crippen molar-refractivity contribution in [2.45, 2.75) is 6.43 Å². The summed E-state index contributed by atoms with van der Waals surface area (Å²) in [5.41, 5.74) is 0.691. The Kier molecular flexibility index (Phi) is 1.99. The summed E-state index contributed by atoms with van der Waals surface area (Å²) in [4.78, 5) is 17.0. The highest BCUT2D eigenvalue weighted by molar-refractivity contribution is 5.95. The van der Waals surface area contributed by atoms with E-state index in [0.717, 1.165) is 0 Å². The van der Waals surface area contributed by atoms with Gasteiger partial charge in [-0.2, -0.15) is 0 Å². The monoisotopic (exact) mass is 196 g/mol. The van der Waals surface area contributed by atoms with Crippen molar-refractivity contribution in [1.29, 1.82) is 0 Å². The van der Waals surface area contributed by atoms with Gasteiger partial charge in [-0.25, -0.2) is 13.8 Å². The fourth-order valence-corrected chi connectivity index (χ4v) is 1.35. The number of hydrogen-bond donors (Lipinski definition) is 1. The highest BCUT2D eigenvalue weighted by atomic mass is 19.3. The van der Waals surface area contributed by atoms with Crippen LogP contribution in [0, 0.1) is 0 Å². The van der Waals surface area contributed by atoms with Gasteiger partial charge in [0.15, 0.2) is 6.29 Å². The zero-order valence-corrected chi connectivity index (χ0v) is 7.00. The Hall–Kier alpha value is -1.78. The number of aromatic amines is 1. The van der Waals surface area contributed by atoms with Gasteiger partial charge in [0.05, 0.1) is 17.4 Å². The fraction of sp³-hybridized carbons (Fsp3) is 0.111. The molecule has 2 aromatic rings. The van der Waals surface area contributed by atoms with Crippen LogP contribution in [0.15, 0.2) is 18.5 Å². The molecular weight excluding hydrogens is 190 g/mol. The van der Waals surface area contributed by atoms with Crippen molar-refractivity contribution in [2.24, 2.45) is 0 Å². The van der Waals surface area contributed by atoms with Crippen LogP contribution in [0.4, 0.5) is 8.78 Å². The topological polar surface area (TPSA) is 45.8 Å². The van der Waals surface area contributed by atoms with Crippen molar-refractivity contribution in [3.05, 3.63) is 29.6 Å². The lowest BCUT2D eigenvalue weighted by Gasteiger charge is -2.01. The predicted octanol–water partition coefficient (Wildman–Crippen LogP) is 2.31. The van der Waals surface area contributed by atoms with Gasteiger partial charge in [-0.1, -0.05) is 6.07 Å². The summed E-state index contributed by atoms with van der Waals surface area (Å²) >= 11 is 0. The van der Waals surface area contributed by atoms with Gasteiger partial charge in [0.2, 0.25) is 0 Å². The Labute approximate surface area is 77.8 Å². The lowest BCUT2D eigenvalue weighted by Crippen LogP contribution is -1.90. The number of nitrogens with one attached hydrogen (secondary N) is 1. The second-order valence-electron chi connectivity index (χ2n) is 2.79. The third kappa shape index (κ3) is 1.17. The van der Waals surface area contributed by atoms with E-state index in [1.54, 1.807) is 0 Å². The first kappa shape index (κ1) is 8.80. The van der Waals surface area contributed by atoms with E-state index >= 15 is 0 Å². The molecule has 1 heterocycles. The van der Waals surface area contributed by atoms with Crippen LogP contribution in [0.2, 0.25) is 0 Å². The van der Waals surface area contributed by atoms with Gasteiger partial charge in [0.25, 0.3) is 6.43 Å². The Balaban J connectivity index is 2.78. The third-order valence-corrected chi connectivity index (χ3v) is 2.01. The van der Waals surface area contributed by atoms with E-state index in [0.29, 0.717) is 17.4 Å². The molecule has 14 heavy (non-hydrogen) atoms. The summed E-state index contributed by atoms with van der Waals surface area (Å²) in [5, 5.41) is 0. The average Bonchev–Trinajstić information content (AvgIpc) is 2.64. The molecule has 0 saturated carbocycles. The van der Waals surface area contributed by atoms with Crippen molar-refractivity contribution in [2.75, 3.05) is 0 Å². The number of benzene rings is 1. The van der Waals surface area contributed by atoms with Crippen LogP contribution < -0.4 is 0 Å². The van der Waals surface area contributed by atoms with E-state index in [9.17, 15) is 13.6 Å². The number of carbonyl (C=O) groups is 1. The van der Waals surface area contributed by atoms with Crippen LogP contribution in [0.25, 0.3) is 11.0 Å². The maximum Gasteiger partial charge on any atom is 0.266 e. The number of fused-ring (bicyclic) bond motifs is 1. The van der Waals surface area contributed by atoms with Crippen molar-refractivity contribution in [3.63, 3.8) is 0 Å². The number of aldehydes is 1. The van der Waals surface area contributed by atoms with E-state index in [1.807, 2.05) is 0 Å². The first-order chi connectivity index (χ1) is 6.74. The predicted molar refractivity (Wildman–Crippen MR) is 46.4 cm³/mol. The molecule has 0 aliphatic rings. The number of hydrogen-bond acceptors (Lipinski definition) is 2. The minimum Gasteiger partial charge on any atom is -0.344 e. The Morgan fingerprint density at radius 1 is 1.43 bits per heavy atom. The zero-order valence-electron chi connectivity index (χ0n) is 7.00. The van der Waals surface area contributed by atoms with Gasteiger partial charge in [-0.3, -0.25) is 4.79 Å². The average molecular weight is 196 g/mol. The molecule has 0 bridgehead atoms. The number of alkyl halides is 2. The molecule has 0 spiro atoms. The first-order valence-corrected chi connectivity index (χ1v) is 3.93. The van der Waals surface area contributed by atoms with Crippen molar-refractivity contribution in [3.8, 4) is 0 Å². The molecule has 0 fully saturated rings. The molecule has 1 aromatic carbocycles. The smallest absolute Gasteiger partial charge is 0.266 e. The number of aromatic nitrogens is 2. The van der Waals surface area contributed by atoms with Crippen LogP contribution in [0.1, 0.15) is 22.3 Å². The van der Waals surface area contributed by atoms with Gasteiger partial charge < -0.3 is 4.98 Å². The van der Waals surface area contributed by atoms with Gasteiger partial charge in [0, 0.05) is 11.1 Å². The number of carbonyl (C=O) groups excluding carboxylic acids is 1. The zero-order chi connectivity index (χ0) is 10.1. The molecule has 0 unspecified atom stereocenters. The summed E-state index contributed by atoms with van der Waals surface area (Å²) in [6.45, 7) is 0. The summed E-state index contributed by atoms with van der Waals surface area (Å²) in [5.74, 6) is 0. The van der Waals surface area contributed by atoms with Crippen LogP contribution in [-0.2, 0) is 0 Å². The maximum absolute atomic E-state index is 12.5. The molecule has 0 aliphatic carbocycles. The molecule has 1 aromatic heterocycles. The highest BCUT2D eigenvalue weighted by Crippen LogP contribution is 2.26. The summed E-state index contributed by atoms with van der Waals surface area (Å²) in [6.07, 6.45) is -0.680. The van der Waals surface area contributed by atoms with E-state index < -0.39 is 6.43 Å². The lowest BCUT2D eigenvalue weighted by atomic mass is 10.1. The quantitative estimate of drug-likeness (QED) is 0.749. The molecule has 3 nitrogen and oxygen atoms in total. The van der Waals surface area contributed by atoms with Crippen LogP contribution in [0.5, 0.6) is 0 Å². The molecular formula is C9H6F2N2O. The highest BCUT2D eigenvalue weighted by Gasteiger charge is 2.14. The van der Waals surface area contributed by atoms with E-state index in [4.69, 9.17) is 0 Å². The van der Waals surface area contributed by atoms with Crippen molar-refractivity contribution < 1.29 is 13.6 Å². The second kappa shape index (κ2) is 3.17. The number of rotatable bonds is 2. The number of nitrogens with zero attached hydrogens (tertiary/aromatic N) is 1. The molecule has 0 saturated heterocycles. The molecule has 72 valence electrons. The van der Waals surface area contributed by atoms with Crippen molar-refractivity contribution >= 4 is 17.3 Å². The Bertz CT molecular complexity index is 479.